The number of fused-ring (bicyclic) bond motifs is 2. The molecule has 0 atom stereocenters. The normalized spacial score (nSPS) is 13.9. The molecular formula is C26H26N4O4. The molecule has 0 saturated carbocycles. The second-order valence-corrected chi connectivity index (χ2v) is 8.33. The maximum atomic E-state index is 13.0. The van der Waals surface area contributed by atoms with E-state index in [-0.39, 0.29) is 12.5 Å². The zero-order valence-corrected chi connectivity index (χ0v) is 18.8. The van der Waals surface area contributed by atoms with Crippen molar-refractivity contribution in [2.75, 3.05) is 32.8 Å². The number of rotatable bonds is 7. The number of hydrogen-bond donors (Lipinski definition) is 1. The quantitative estimate of drug-likeness (QED) is 0.341. The van der Waals surface area contributed by atoms with Crippen molar-refractivity contribution in [3.63, 3.8) is 0 Å². The molecule has 4 aromatic rings. The maximum absolute atomic E-state index is 13.0. The van der Waals surface area contributed by atoms with E-state index in [9.17, 15) is 14.4 Å². The summed E-state index contributed by atoms with van der Waals surface area (Å²) < 4.78 is 9.11. The van der Waals surface area contributed by atoms with Gasteiger partial charge in [-0.25, -0.2) is 0 Å². The highest BCUT2D eigenvalue weighted by Gasteiger charge is 2.23. The lowest BCUT2D eigenvalue weighted by atomic mass is 10.1. The van der Waals surface area contributed by atoms with Gasteiger partial charge in [-0.05, 0) is 23.6 Å². The third-order valence-electron chi connectivity index (χ3n) is 6.23. The molecule has 0 spiro atoms. The zero-order chi connectivity index (χ0) is 23.5. The lowest BCUT2D eigenvalue weighted by Crippen LogP contribution is -2.42. The van der Waals surface area contributed by atoms with Gasteiger partial charge < -0.3 is 24.1 Å². The highest BCUT2D eigenvalue weighted by molar-refractivity contribution is 6.45. The van der Waals surface area contributed by atoms with E-state index in [1.165, 1.54) is 0 Å². The van der Waals surface area contributed by atoms with Crippen LogP contribution in [0.2, 0.25) is 0 Å². The monoisotopic (exact) mass is 458 g/mol. The second-order valence-electron chi connectivity index (χ2n) is 8.33. The summed E-state index contributed by atoms with van der Waals surface area (Å²) >= 11 is 0. The van der Waals surface area contributed by atoms with Crippen LogP contribution in [-0.4, -0.2) is 64.5 Å². The van der Waals surface area contributed by atoms with Crippen LogP contribution in [0, 0.1) is 0 Å². The van der Waals surface area contributed by atoms with Crippen LogP contribution in [0.5, 0.6) is 0 Å². The van der Waals surface area contributed by atoms with Gasteiger partial charge in [0, 0.05) is 55.0 Å². The largest absolute Gasteiger partial charge is 0.378 e. The van der Waals surface area contributed by atoms with Crippen LogP contribution in [0.15, 0.2) is 67.0 Å². The van der Waals surface area contributed by atoms with E-state index in [1.54, 1.807) is 21.7 Å². The number of carbonyl (C=O) groups is 3. The van der Waals surface area contributed by atoms with Crippen molar-refractivity contribution in [1.29, 1.82) is 0 Å². The molecule has 34 heavy (non-hydrogen) atoms. The van der Waals surface area contributed by atoms with E-state index in [0.29, 0.717) is 50.3 Å². The Hall–Kier alpha value is -3.91. The molecule has 0 bridgehead atoms. The van der Waals surface area contributed by atoms with Crippen molar-refractivity contribution in [1.82, 2.24) is 19.4 Å². The number of hydrogen-bond acceptors (Lipinski definition) is 4. The minimum absolute atomic E-state index is 0.0357. The number of morpholine rings is 1. The van der Waals surface area contributed by atoms with Crippen LogP contribution in [0.25, 0.3) is 21.8 Å². The van der Waals surface area contributed by atoms with Gasteiger partial charge in [-0.3, -0.25) is 14.4 Å². The summed E-state index contributed by atoms with van der Waals surface area (Å²) in [6, 6.07) is 17.4. The van der Waals surface area contributed by atoms with Gasteiger partial charge in [0.2, 0.25) is 5.91 Å². The average molecular weight is 459 g/mol. The van der Waals surface area contributed by atoms with E-state index in [2.05, 4.69) is 5.32 Å². The van der Waals surface area contributed by atoms with Crippen molar-refractivity contribution in [2.24, 2.45) is 0 Å². The summed E-state index contributed by atoms with van der Waals surface area (Å²) in [7, 11) is 0. The number of amides is 2. The number of Topliss-reactive ketones (excluding diaryl/α,β-unsaturated/α-hetero) is 1. The van der Waals surface area contributed by atoms with Crippen molar-refractivity contribution < 1.29 is 19.1 Å². The molecule has 0 aliphatic carbocycles. The van der Waals surface area contributed by atoms with Crippen molar-refractivity contribution >= 4 is 39.4 Å². The molecule has 3 heterocycles. The summed E-state index contributed by atoms with van der Waals surface area (Å²) in [5, 5.41) is 4.53. The zero-order valence-electron chi connectivity index (χ0n) is 18.8. The first-order valence-corrected chi connectivity index (χ1v) is 11.4. The van der Waals surface area contributed by atoms with Crippen LogP contribution in [0.3, 0.4) is 0 Å². The Balaban J connectivity index is 1.28. The molecule has 2 amide bonds. The third-order valence-corrected chi connectivity index (χ3v) is 6.23. The Labute approximate surface area is 196 Å². The maximum Gasteiger partial charge on any atom is 0.292 e. The van der Waals surface area contributed by atoms with Gasteiger partial charge in [0.25, 0.3) is 11.7 Å². The number of aromatic nitrogens is 2. The summed E-state index contributed by atoms with van der Waals surface area (Å²) in [5.41, 5.74) is 2.13. The lowest BCUT2D eigenvalue weighted by molar-refractivity contribution is -0.135. The second kappa shape index (κ2) is 9.52. The molecular weight excluding hydrogens is 432 g/mol. The fraction of sp³-hybridized carbons (Fsp3) is 0.269. The van der Waals surface area contributed by atoms with Gasteiger partial charge in [-0.2, -0.15) is 0 Å². The highest BCUT2D eigenvalue weighted by Crippen LogP contribution is 2.22. The van der Waals surface area contributed by atoms with E-state index in [4.69, 9.17) is 4.74 Å². The number of ketones is 1. The third kappa shape index (κ3) is 4.32. The fourth-order valence-corrected chi connectivity index (χ4v) is 4.45. The van der Waals surface area contributed by atoms with E-state index in [1.807, 2.05) is 59.3 Å². The van der Waals surface area contributed by atoms with Crippen LogP contribution >= 0.6 is 0 Å². The SMILES string of the molecule is O=C(NCCn1ccc2ccccc21)C(=O)c1cn(CC(=O)N2CCOCC2)c2ccccc12. The number of carbonyl (C=O) groups excluding carboxylic acids is 3. The van der Waals surface area contributed by atoms with E-state index >= 15 is 0 Å². The fourth-order valence-electron chi connectivity index (χ4n) is 4.45. The first-order valence-electron chi connectivity index (χ1n) is 11.4. The van der Waals surface area contributed by atoms with E-state index < -0.39 is 11.7 Å². The van der Waals surface area contributed by atoms with Crippen molar-refractivity contribution in [3.05, 3.63) is 72.6 Å². The minimum atomic E-state index is -0.654. The molecule has 5 rings (SSSR count). The van der Waals surface area contributed by atoms with Gasteiger partial charge in [-0.1, -0.05) is 36.4 Å². The summed E-state index contributed by atoms with van der Waals surface area (Å²) in [6.45, 7) is 3.17. The molecule has 174 valence electrons. The molecule has 1 aliphatic heterocycles. The van der Waals surface area contributed by atoms with Gasteiger partial charge in [0.15, 0.2) is 0 Å². The summed E-state index contributed by atoms with van der Waals surface area (Å²) in [4.78, 5) is 40.2. The van der Waals surface area contributed by atoms with Crippen LogP contribution < -0.4 is 5.32 Å². The van der Waals surface area contributed by atoms with E-state index in [0.717, 1.165) is 16.4 Å². The smallest absolute Gasteiger partial charge is 0.292 e. The number of nitrogens with zero attached hydrogens (tertiary/aromatic N) is 3. The van der Waals surface area contributed by atoms with Gasteiger partial charge in [0.05, 0.1) is 18.8 Å². The highest BCUT2D eigenvalue weighted by atomic mass is 16.5. The first kappa shape index (κ1) is 21.9. The van der Waals surface area contributed by atoms with Crippen LogP contribution in [-0.2, 0) is 27.4 Å². The summed E-state index contributed by atoms with van der Waals surface area (Å²) in [5.74, 6) is -1.29. The molecule has 8 nitrogen and oxygen atoms in total. The minimum Gasteiger partial charge on any atom is -0.378 e. The van der Waals surface area contributed by atoms with Gasteiger partial charge >= 0.3 is 0 Å². The van der Waals surface area contributed by atoms with Crippen molar-refractivity contribution in [2.45, 2.75) is 13.1 Å². The first-order chi connectivity index (χ1) is 16.6. The molecule has 0 radical (unpaired) electrons. The number of nitrogens with one attached hydrogen (secondary N) is 1. The Kier molecular flexibility index (Phi) is 6.14. The molecule has 1 fully saturated rings. The molecule has 1 N–H and O–H groups in total. The number of ether oxygens (including phenoxy) is 1. The lowest BCUT2D eigenvalue weighted by Gasteiger charge is -2.27. The molecule has 1 saturated heterocycles. The molecule has 1 aliphatic rings. The predicted molar refractivity (Wildman–Crippen MR) is 129 cm³/mol. The Bertz CT molecular complexity index is 1360. The van der Waals surface area contributed by atoms with Crippen LogP contribution in [0.4, 0.5) is 0 Å². The van der Waals surface area contributed by atoms with Gasteiger partial charge in [0.1, 0.15) is 6.54 Å². The molecule has 2 aromatic heterocycles. The van der Waals surface area contributed by atoms with Crippen LogP contribution in [0.1, 0.15) is 10.4 Å². The average Bonchev–Trinajstić information content (AvgIpc) is 3.46. The summed E-state index contributed by atoms with van der Waals surface area (Å²) in [6.07, 6.45) is 3.59. The number of benzene rings is 2. The van der Waals surface area contributed by atoms with Crippen molar-refractivity contribution in [3.8, 4) is 0 Å². The molecule has 8 heteroatoms. The Morgan fingerprint density at radius 3 is 2.44 bits per heavy atom. The standard InChI is InChI=1S/C26H26N4O4/c31-24(29-13-15-34-16-14-29)18-30-17-21(20-6-2-4-8-23(20)30)25(32)26(33)27-10-12-28-11-9-19-5-1-3-7-22(19)28/h1-9,11,17H,10,12-16,18H2,(H,27,33). The van der Waals surface area contributed by atoms with Gasteiger partial charge in [-0.15, -0.1) is 0 Å². The topological polar surface area (TPSA) is 85.6 Å². The molecule has 0 unspecified atom stereocenters. The Morgan fingerprint density at radius 2 is 1.62 bits per heavy atom. The Morgan fingerprint density at radius 1 is 0.882 bits per heavy atom. The number of para-hydroxylation sites is 2. The molecule has 2 aromatic carbocycles. The predicted octanol–water partition coefficient (Wildman–Crippen LogP) is 2.45.